The lowest BCUT2D eigenvalue weighted by Crippen LogP contribution is -2.46. The van der Waals surface area contributed by atoms with Crippen molar-refractivity contribution in [2.75, 3.05) is 13.7 Å². The topological polar surface area (TPSA) is 54.0 Å². The molecule has 0 aromatic heterocycles. The molecular formula is C40H50O5. The van der Waals surface area contributed by atoms with Crippen LogP contribution in [0.5, 0.6) is 0 Å². The Balaban J connectivity index is 1.72. The second-order valence-corrected chi connectivity index (χ2v) is 12.3. The zero-order valence-corrected chi connectivity index (χ0v) is 27.5. The van der Waals surface area contributed by atoms with E-state index in [0.717, 1.165) is 29.5 Å². The van der Waals surface area contributed by atoms with Gasteiger partial charge in [0.1, 0.15) is 17.3 Å². The van der Waals surface area contributed by atoms with Crippen LogP contribution in [0.25, 0.3) is 0 Å². The second-order valence-electron chi connectivity index (χ2n) is 12.3. The van der Waals surface area contributed by atoms with E-state index in [4.69, 9.17) is 18.9 Å². The standard InChI is InChI=1S/C40H50O5/c1-5-6-7-8-9-10-11-12-22-31-39(36(29-30-37(41)42-4)44-38(2,3)45-39)32-43-40(33-23-16-13-17-24-33,34-25-18-14-19-26-34)35-27-20-15-21-28-35/h13-31,36H,5-12,32H2,1-4H3/b30-29-,31-22+/t36-,39-/m1/s1. The van der Waals surface area contributed by atoms with Crippen LogP contribution in [0.15, 0.2) is 115 Å². The highest BCUT2D eigenvalue weighted by Crippen LogP contribution is 2.45. The van der Waals surface area contributed by atoms with E-state index in [1.54, 1.807) is 6.08 Å². The van der Waals surface area contributed by atoms with Crippen LogP contribution in [-0.2, 0) is 29.3 Å². The molecule has 240 valence electrons. The molecule has 5 nitrogen and oxygen atoms in total. The fourth-order valence-electron chi connectivity index (χ4n) is 6.16. The van der Waals surface area contributed by atoms with Crippen LogP contribution in [0.2, 0.25) is 0 Å². The van der Waals surface area contributed by atoms with Crippen molar-refractivity contribution in [2.24, 2.45) is 0 Å². The molecule has 0 unspecified atom stereocenters. The average molecular weight is 611 g/mol. The zero-order chi connectivity index (χ0) is 32.0. The summed E-state index contributed by atoms with van der Waals surface area (Å²) in [5.41, 5.74) is 1.08. The van der Waals surface area contributed by atoms with E-state index in [1.807, 2.05) is 68.4 Å². The number of hydrogen-bond acceptors (Lipinski definition) is 5. The van der Waals surface area contributed by atoms with Gasteiger partial charge in [0.25, 0.3) is 0 Å². The van der Waals surface area contributed by atoms with Crippen LogP contribution >= 0.6 is 0 Å². The first-order chi connectivity index (χ1) is 21.9. The van der Waals surface area contributed by atoms with Crippen molar-refractivity contribution in [3.05, 3.63) is 132 Å². The number of carbonyl (C=O) groups excluding carboxylic acids is 1. The Kier molecular flexibility index (Phi) is 12.8. The Bertz CT molecular complexity index is 1250. The van der Waals surface area contributed by atoms with Gasteiger partial charge in [-0.25, -0.2) is 4.79 Å². The summed E-state index contributed by atoms with van der Waals surface area (Å²) in [5, 5.41) is 0. The maximum Gasteiger partial charge on any atom is 0.330 e. The Labute approximate surface area is 270 Å². The van der Waals surface area contributed by atoms with Crippen LogP contribution in [0, 0.1) is 0 Å². The summed E-state index contributed by atoms with van der Waals surface area (Å²) in [5.74, 6) is -1.36. The third-order valence-corrected chi connectivity index (χ3v) is 8.37. The van der Waals surface area contributed by atoms with E-state index in [1.165, 1.54) is 51.7 Å². The van der Waals surface area contributed by atoms with Gasteiger partial charge in [0, 0.05) is 6.08 Å². The highest BCUT2D eigenvalue weighted by molar-refractivity contribution is 5.81. The van der Waals surface area contributed by atoms with Crippen molar-refractivity contribution < 1.29 is 23.7 Å². The Hall–Kier alpha value is -3.51. The average Bonchev–Trinajstić information content (AvgIpc) is 3.33. The van der Waals surface area contributed by atoms with Gasteiger partial charge in [-0.15, -0.1) is 0 Å². The molecule has 0 aliphatic carbocycles. The molecule has 1 saturated heterocycles. The van der Waals surface area contributed by atoms with Gasteiger partial charge in [-0.2, -0.15) is 0 Å². The number of methoxy groups -OCH3 is 1. The Morgan fingerprint density at radius 2 is 1.31 bits per heavy atom. The highest BCUT2D eigenvalue weighted by atomic mass is 16.8. The van der Waals surface area contributed by atoms with Crippen LogP contribution in [0.3, 0.4) is 0 Å². The molecule has 2 atom stereocenters. The van der Waals surface area contributed by atoms with E-state index in [2.05, 4.69) is 55.5 Å². The number of benzene rings is 3. The fraction of sp³-hybridized carbons (Fsp3) is 0.425. The smallest absolute Gasteiger partial charge is 0.330 e. The molecule has 0 N–H and O–H groups in total. The maximum atomic E-state index is 12.2. The van der Waals surface area contributed by atoms with Crippen molar-refractivity contribution in [1.29, 1.82) is 0 Å². The molecule has 3 aromatic carbocycles. The molecule has 0 bridgehead atoms. The van der Waals surface area contributed by atoms with Crippen LogP contribution in [0.1, 0.15) is 88.8 Å². The minimum atomic E-state index is -1.00. The Morgan fingerprint density at radius 3 is 1.82 bits per heavy atom. The molecule has 0 saturated carbocycles. The van der Waals surface area contributed by atoms with Gasteiger partial charge in [-0.05, 0) is 49.5 Å². The minimum absolute atomic E-state index is 0.165. The first-order valence-electron chi connectivity index (χ1n) is 16.5. The third-order valence-electron chi connectivity index (χ3n) is 8.37. The molecule has 1 aliphatic rings. The SMILES string of the molecule is CCCCCCCCC/C=C/[C@]1(COC(c2ccccc2)(c2ccccc2)c2ccccc2)OC(C)(C)O[C@@H]1/C=C\C(=O)OC. The van der Waals surface area contributed by atoms with Crippen molar-refractivity contribution >= 4 is 5.97 Å². The first kappa shape index (κ1) is 34.4. The summed E-state index contributed by atoms with van der Waals surface area (Å²) in [4.78, 5) is 12.2. The zero-order valence-electron chi connectivity index (χ0n) is 27.5. The van der Waals surface area contributed by atoms with Gasteiger partial charge in [0.2, 0.25) is 0 Å². The lowest BCUT2D eigenvalue weighted by atomic mass is 9.79. The first-order valence-corrected chi connectivity index (χ1v) is 16.5. The second kappa shape index (κ2) is 16.7. The summed E-state index contributed by atoms with van der Waals surface area (Å²) in [6, 6.07) is 30.9. The predicted octanol–water partition coefficient (Wildman–Crippen LogP) is 9.31. The number of ether oxygens (including phenoxy) is 4. The van der Waals surface area contributed by atoms with Gasteiger partial charge < -0.3 is 18.9 Å². The highest BCUT2D eigenvalue weighted by Gasteiger charge is 2.53. The van der Waals surface area contributed by atoms with Gasteiger partial charge in [-0.1, -0.05) is 149 Å². The van der Waals surface area contributed by atoms with E-state index in [9.17, 15) is 4.79 Å². The summed E-state index contributed by atoms with van der Waals surface area (Å²) in [6.45, 7) is 6.21. The van der Waals surface area contributed by atoms with E-state index >= 15 is 0 Å². The number of carbonyl (C=O) groups is 1. The minimum Gasteiger partial charge on any atom is -0.466 e. The number of unbranched alkanes of at least 4 members (excludes halogenated alkanes) is 7. The lowest BCUT2D eigenvalue weighted by molar-refractivity contribution is -0.169. The van der Waals surface area contributed by atoms with Crippen molar-refractivity contribution in [3.8, 4) is 0 Å². The van der Waals surface area contributed by atoms with Crippen LogP contribution < -0.4 is 0 Å². The number of allylic oxidation sites excluding steroid dienone is 1. The van der Waals surface area contributed by atoms with Crippen LogP contribution in [-0.4, -0.2) is 37.2 Å². The van der Waals surface area contributed by atoms with Gasteiger partial charge in [0.15, 0.2) is 5.79 Å². The number of rotatable bonds is 17. The summed E-state index contributed by atoms with van der Waals surface area (Å²) < 4.78 is 25.3. The quantitative estimate of drug-likeness (QED) is 0.0501. The van der Waals surface area contributed by atoms with Crippen molar-refractivity contribution in [2.45, 2.75) is 95.2 Å². The van der Waals surface area contributed by atoms with Crippen molar-refractivity contribution in [1.82, 2.24) is 0 Å². The van der Waals surface area contributed by atoms with E-state index in [0.29, 0.717) is 0 Å². The molecule has 0 radical (unpaired) electrons. The lowest BCUT2D eigenvalue weighted by Gasteiger charge is -2.39. The molecule has 1 fully saturated rings. The molecule has 4 rings (SSSR count). The monoisotopic (exact) mass is 610 g/mol. The van der Waals surface area contributed by atoms with E-state index in [-0.39, 0.29) is 6.61 Å². The van der Waals surface area contributed by atoms with Gasteiger partial charge in [-0.3, -0.25) is 0 Å². The van der Waals surface area contributed by atoms with E-state index < -0.39 is 29.1 Å². The molecule has 1 aliphatic heterocycles. The third kappa shape index (κ3) is 9.03. The molecule has 1 heterocycles. The molecule has 45 heavy (non-hydrogen) atoms. The predicted molar refractivity (Wildman–Crippen MR) is 181 cm³/mol. The largest absolute Gasteiger partial charge is 0.466 e. The number of esters is 1. The molecule has 3 aromatic rings. The normalized spacial score (nSPS) is 19.8. The number of hydrogen-bond donors (Lipinski definition) is 0. The summed E-state index contributed by atoms with van der Waals surface area (Å²) in [6.07, 6.45) is 16.5. The Morgan fingerprint density at radius 1 is 0.800 bits per heavy atom. The van der Waals surface area contributed by atoms with Gasteiger partial charge >= 0.3 is 5.97 Å². The molecule has 0 spiro atoms. The molecule has 0 amide bonds. The maximum absolute atomic E-state index is 12.2. The fourth-order valence-corrected chi connectivity index (χ4v) is 6.16. The van der Waals surface area contributed by atoms with Crippen molar-refractivity contribution in [3.63, 3.8) is 0 Å². The van der Waals surface area contributed by atoms with Gasteiger partial charge in [0.05, 0.1) is 13.7 Å². The molecular weight excluding hydrogens is 560 g/mol. The summed E-state index contributed by atoms with van der Waals surface area (Å²) in [7, 11) is 1.37. The van der Waals surface area contributed by atoms with Crippen LogP contribution in [0.4, 0.5) is 0 Å². The molecule has 5 heteroatoms. The summed E-state index contributed by atoms with van der Waals surface area (Å²) >= 11 is 0.